The molecule has 1 saturated carbocycles. The maximum absolute atomic E-state index is 12.5. The molecule has 142 valence electrons. The Morgan fingerprint density at radius 2 is 1.89 bits per heavy atom. The Labute approximate surface area is 157 Å². The maximum atomic E-state index is 12.5. The van der Waals surface area contributed by atoms with Crippen molar-refractivity contribution in [3.63, 3.8) is 0 Å². The van der Waals surface area contributed by atoms with Gasteiger partial charge in [0.1, 0.15) is 0 Å². The first kappa shape index (κ1) is 18.7. The molecule has 1 aliphatic carbocycles. The van der Waals surface area contributed by atoms with Crippen molar-refractivity contribution in [2.24, 2.45) is 16.8 Å². The van der Waals surface area contributed by atoms with Crippen molar-refractivity contribution in [2.45, 2.75) is 24.3 Å². The van der Waals surface area contributed by atoms with Crippen molar-refractivity contribution in [3.8, 4) is 0 Å². The highest BCUT2D eigenvalue weighted by molar-refractivity contribution is 7.92. The number of benzene rings is 2. The third kappa shape index (κ3) is 4.76. The van der Waals surface area contributed by atoms with Crippen LogP contribution in [0.1, 0.15) is 24.0 Å². The fourth-order valence-corrected chi connectivity index (χ4v) is 3.55. The number of amidine groups is 1. The van der Waals surface area contributed by atoms with Gasteiger partial charge in [0.15, 0.2) is 5.84 Å². The molecule has 0 aromatic heterocycles. The quantitative estimate of drug-likeness (QED) is 0.247. The van der Waals surface area contributed by atoms with Crippen LogP contribution in [0.2, 0.25) is 0 Å². The molecule has 9 heteroatoms. The number of nitrogens with two attached hydrogens (primary N) is 1. The standard InChI is InChI=1S/C18H20N4O4S/c19-17(21-24)13-6-8-16(9-7-13)27(25,26)22-15-3-1-2-12(10-15)11-20-18(23)14-4-5-14/h1-3,6-10,14,22,24H,4-5,11H2,(H2,19,21)(H,20,23). The Kier molecular flexibility index (Phi) is 5.31. The van der Waals surface area contributed by atoms with Gasteiger partial charge in [0.25, 0.3) is 10.0 Å². The normalized spacial score (nSPS) is 14.6. The zero-order valence-corrected chi connectivity index (χ0v) is 15.2. The van der Waals surface area contributed by atoms with Crippen molar-refractivity contribution < 1.29 is 18.4 Å². The second-order valence-electron chi connectivity index (χ2n) is 6.31. The van der Waals surface area contributed by atoms with Gasteiger partial charge in [0.05, 0.1) is 4.90 Å². The Morgan fingerprint density at radius 1 is 1.19 bits per heavy atom. The smallest absolute Gasteiger partial charge is 0.261 e. The van der Waals surface area contributed by atoms with Crippen molar-refractivity contribution in [1.29, 1.82) is 0 Å². The van der Waals surface area contributed by atoms with Crippen molar-refractivity contribution in [3.05, 3.63) is 59.7 Å². The Morgan fingerprint density at radius 3 is 2.52 bits per heavy atom. The largest absolute Gasteiger partial charge is 0.409 e. The summed E-state index contributed by atoms with van der Waals surface area (Å²) in [5.74, 6) is 0.0548. The van der Waals surface area contributed by atoms with Crippen molar-refractivity contribution in [1.82, 2.24) is 5.32 Å². The number of oxime groups is 1. The molecule has 0 atom stereocenters. The van der Waals surface area contributed by atoms with E-state index in [0.717, 1.165) is 18.4 Å². The molecule has 0 bridgehead atoms. The SMILES string of the molecule is NC(=NO)c1ccc(S(=O)(=O)Nc2cccc(CNC(=O)C3CC3)c2)cc1. The number of rotatable bonds is 7. The molecule has 0 heterocycles. The number of hydrogen-bond acceptors (Lipinski definition) is 5. The fourth-order valence-electron chi connectivity index (χ4n) is 2.50. The molecule has 0 unspecified atom stereocenters. The maximum Gasteiger partial charge on any atom is 0.261 e. The van der Waals surface area contributed by atoms with Crippen LogP contribution in [0, 0.1) is 5.92 Å². The number of carbonyl (C=O) groups excluding carboxylic acids is 1. The zero-order valence-electron chi connectivity index (χ0n) is 14.4. The number of nitrogens with one attached hydrogen (secondary N) is 2. The van der Waals surface area contributed by atoms with Crippen molar-refractivity contribution >= 4 is 27.5 Å². The monoisotopic (exact) mass is 388 g/mol. The molecule has 3 rings (SSSR count). The van der Waals surface area contributed by atoms with Crippen LogP contribution in [-0.4, -0.2) is 25.4 Å². The lowest BCUT2D eigenvalue weighted by Gasteiger charge is -2.11. The van der Waals surface area contributed by atoms with Gasteiger partial charge >= 0.3 is 0 Å². The van der Waals surface area contributed by atoms with Crippen LogP contribution in [0.4, 0.5) is 5.69 Å². The summed E-state index contributed by atoms with van der Waals surface area (Å²) in [6.45, 7) is 0.347. The molecule has 0 spiro atoms. The number of nitrogens with zero attached hydrogens (tertiary/aromatic N) is 1. The van der Waals surface area contributed by atoms with E-state index in [9.17, 15) is 13.2 Å². The minimum Gasteiger partial charge on any atom is -0.409 e. The van der Waals surface area contributed by atoms with Gasteiger partial charge in [0.2, 0.25) is 5.91 Å². The molecule has 0 radical (unpaired) electrons. The Hall–Kier alpha value is -3.07. The predicted molar refractivity (Wildman–Crippen MR) is 101 cm³/mol. The summed E-state index contributed by atoms with van der Waals surface area (Å²) < 4.78 is 27.6. The number of amides is 1. The van der Waals surface area contributed by atoms with Crippen molar-refractivity contribution in [2.75, 3.05) is 4.72 Å². The second-order valence-corrected chi connectivity index (χ2v) is 7.99. The van der Waals surface area contributed by atoms with Crippen LogP contribution in [0.15, 0.2) is 58.6 Å². The molecule has 0 saturated heterocycles. The summed E-state index contributed by atoms with van der Waals surface area (Å²) in [5, 5.41) is 14.4. The van der Waals surface area contributed by atoms with Gasteiger partial charge in [0, 0.05) is 23.7 Å². The second kappa shape index (κ2) is 7.67. The van der Waals surface area contributed by atoms with E-state index in [0.29, 0.717) is 17.8 Å². The highest BCUT2D eigenvalue weighted by Gasteiger charge is 2.29. The van der Waals surface area contributed by atoms with Gasteiger partial charge in [-0.15, -0.1) is 0 Å². The fraction of sp³-hybridized carbons (Fsp3) is 0.222. The molecule has 2 aromatic rings. The van der Waals surface area contributed by atoms with E-state index in [1.165, 1.54) is 24.3 Å². The highest BCUT2D eigenvalue weighted by Crippen LogP contribution is 2.28. The molecule has 5 N–H and O–H groups in total. The van der Waals surface area contributed by atoms with Gasteiger partial charge in [-0.05, 0) is 54.8 Å². The van der Waals surface area contributed by atoms with Crippen LogP contribution >= 0.6 is 0 Å². The lowest BCUT2D eigenvalue weighted by atomic mass is 10.2. The summed E-state index contributed by atoms with van der Waals surface area (Å²) in [6, 6.07) is 12.5. The minimum atomic E-state index is -3.79. The number of hydrogen-bond donors (Lipinski definition) is 4. The molecule has 0 aliphatic heterocycles. The van der Waals surface area contributed by atoms with Crippen LogP contribution in [0.25, 0.3) is 0 Å². The topological polar surface area (TPSA) is 134 Å². The predicted octanol–water partition coefficient (Wildman–Crippen LogP) is 1.61. The van der Waals surface area contributed by atoms with E-state index in [1.807, 2.05) is 6.07 Å². The van der Waals surface area contributed by atoms with Crippen LogP contribution < -0.4 is 15.8 Å². The lowest BCUT2D eigenvalue weighted by molar-refractivity contribution is -0.122. The zero-order chi connectivity index (χ0) is 19.4. The molecule has 2 aromatic carbocycles. The van der Waals surface area contributed by atoms with E-state index in [4.69, 9.17) is 10.9 Å². The first-order valence-corrected chi connectivity index (χ1v) is 9.85. The van der Waals surface area contributed by atoms with Crippen LogP contribution in [0.3, 0.4) is 0 Å². The molecular formula is C18H20N4O4S. The average molecular weight is 388 g/mol. The molecule has 1 fully saturated rings. The third-order valence-corrected chi connectivity index (χ3v) is 5.56. The van der Waals surface area contributed by atoms with Crippen LogP contribution in [-0.2, 0) is 21.4 Å². The van der Waals surface area contributed by atoms with Gasteiger partial charge in [-0.2, -0.15) is 0 Å². The van der Waals surface area contributed by atoms with Gasteiger partial charge in [-0.25, -0.2) is 8.42 Å². The first-order valence-electron chi connectivity index (χ1n) is 8.36. The first-order chi connectivity index (χ1) is 12.9. The highest BCUT2D eigenvalue weighted by atomic mass is 32.2. The van der Waals surface area contributed by atoms with E-state index in [-0.39, 0.29) is 22.6 Å². The summed E-state index contributed by atoms with van der Waals surface area (Å²) in [7, 11) is -3.79. The molecule has 1 amide bonds. The van der Waals surface area contributed by atoms with Gasteiger partial charge < -0.3 is 16.3 Å². The van der Waals surface area contributed by atoms with E-state index < -0.39 is 10.0 Å². The Balaban J connectivity index is 1.69. The van der Waals surface area contributed by atoms with Crippen LogP contribution in [0.5, 0.6) is 0 Å². The van der Waals surface area contributed by atoms with Gasteiger partial charge in [-0.1, -0.05) is 17.3 Å². The molecular weight excluding hydrogens is 368 g/mol. The summed E-state index contributed by atoms with van der Waals surface area (Å²) in [4.78, 5) is 11.8. The van der Waals surface area contributed by atoms with Gasteiger partial charge in [-0.3, -0.25) is 9.52 Å². The number of carbonyl (C=O) groups is 1. The van der Waals surface area contributed by atoms with E-state index in [2.05, 4.69) is 15.2 Å². The summed E-state index contributed by atoms with van der Waals surface area (Å²) in [5.41, 5.74) is 7.07. The Bertz CT molecular complexity index is 967. The number of sulfonamides is 1. The van der Waals surface area contributed by atoms with E-state index in [1.54, 1.807) is 18.2 Å². The van der Waals surface area contributed by atoms with E-state index >= 15 is 0 Å². The minimum absolute atomic E-state index is 0.0340. The lowest BCUT2D eigenvalue weighted by Crippen LogP contribution is -2.24. The average Bonchev–Trinajstić information content (AvgIpc) is 3.51. The molecule has 8 nitrogen and oxygen atoms in total. The molecule has 27 heavy (non-hydrogen) atoms. The number of anilines is 1. The molecule has 1 aliphatic rings. The summed E-state index contributed by atoms with van der Waals surface area (Å²) in [6.07, 6.45) is 1.86. The summed E-state index contributed by atoms with van der Waals surface area (Å²) >= 11 is 0. The third-order valence-electron chi connectivity index (χ3n) is 4.16.